The summed E-state index contributed by atoms with van der Waals surface area (Å²) in [5.74, 6) is -2.76. The van der Waals surface area contributed by atoms with Gasteiger partial charge in [-0.2, -0.15) is 0 Å². The Labute approximate surface area is 103 Å². The van der Waals surface area contributed by atoms with E-state index in [-0.39, 0.29) is 12.3 Å². The van der Waals surface area contributed by atoms with Crippen molar-refractivity contribution in [3.05, 3.63) is 35.4 Å². The number of likely N-dealkylation sites (N-methyl/N-ethyl adjacent to an activating group) is 1. The highest BCUT2D eigenvalue weighted by atomic mass is 19.1. The molecule has 1 aliphatic heterocycles. The van der Waals surface area contributed by atoms with Crippen molar-refractivity contribution in [2.24, 2.45) is 0 Å². The molecule has 96 valence electrons. The maximum atomic E-state index is 13.3. The number of halogens is 2. The Balaban J connectivity index is 2.11. The molecule has 0 aliphatic carbocycles. The quantitative estimate of drug-likeness (QED) is 0.853. The average molecular weight is 254 g/mol. The van der Waals surface area contributed by atoms with Gasteiger partial charge in [0.2, 0.25) is 5.91 Å². The van der Waals surface area contributed by atoms with E-state index in [4.69, 9.17) is 0 Å². The minimum absolute atomic E-state index is 0.102. The van der Waals surface area contributed by atoms with E-state index in [2.05, 4.69) is 5.32 Å². The van der Waals surface area contributed by atoms with Crippen LogP contribution in [-0.4, -0.2) is 36.3 Å². The van der Waals surface area contributed by atoms with Gasteiger partial charge in [0.15, 0.2) is 0 Å². The number of nitrogens with one attached hydrogen (secondary N) is 1. The molecule has 0 aromatic heterocycles. The molecule has 0 saturated carbocycles. The van der Waals surface area contributed by atoms with Gasteiger partial charge in [0.1, 0.15) is 17.2 Å². The molecule has 1 aromatic rings. The average Bonchev–Trinajstić information content (AvgIpc) is 2.57. The fourth-order valence-corrected chi connectivity index (χ4v) is 1.93. The van der Waals surface area contributed by atoms with Gasteiger partial charge in [-0.15, -0.1) is 0 Å². The van der Waals surface area contributed by atoms with Crippen molar-refractivity contribution in [2.75, 3.05) is 13.6 Å². The molecular weight excluding hydrogens is 242 g/mol. The first kappa shape index (κ1) is 12.5. The number of hydrogen-bond donors (Lipinski definition) is 1. The molecule has 0 unspecified atom stereocenters. The van der Waals surface area contributed by atoms with Crippen molar-refractivity contribution >= 4 is 11.8 Å². The summed E-state index contributed by atoms with van der Waals surface area (Å²) >= 11 is 0. The summed E-state index contributed by atoms with van der Waals surface area (Å²) in [6.07, 6.45) is 0.151. The zero-order valence-corrected chi connectivity index (χ0v) is 9.74. The van der Waals surface area contributed by atoms with Crippen LogP contribution in [0.3, 0.4) is 0 Å². The van der Waals surface area contributed by atoms with Crippen molar-refractivity contribution in [3.8, 4) is 0 Å². The van der Waals surface area contributed by atoms with Gasteiger partial charge in [-0.1, -0.05) is 6.07 Å². The number of hydrogen-bond acceptors (Lipinski definition) is 2. The van der Waals surface area contributed by atoms with E-state index >= 15 is 0 Å². The van der Waals surface area contributed by atoms with Crippen molar-refractivity contribution in [1.82, 2.24) is 10.2 Å². The Morgan fingerprint density at radius 1 is 1.39 bits per heavy atom. The first-order valence-corrected chi connectivity index (χ1v) is 5.48. The SMILES string of the molecule is CN1C[C@@H](NC(=O)c2c(F)cccc2F)CC1=O. The third kappa shape index (κ3) is 2.32. The van der Waals surface area contributed by atoms with E-state index in [1.165, 1.54) is 11.0 Å². The molecule has 0 radical (unpaired) electrons. The van der Waals surface area contributed by atoms with Crippen LogP contribution in [0.2, 0.25) is 0 Å². The number of nitrogens with zero attached hydrogens (tertiary/aromatic N) is 1. The third-order valence-corrected chi connectivity index (χ3v) is 2.87. The highest BCUT2D eigenvalue weighted by Gasteiger charge is 2.29. The molecule has 0 spiro atoms. The van der Waals surface area contributed by atoms with Gasteiger partial charge in [-0.05, 0) is 12.1 Å². The van der Waals surface area contributed by atoms with Crippen LogP contribution in [0, 0.1) is 11.6 Å². The fourth-order valence-electron chi connectivity index (χ4n) is 1.93. The lowest BCUT2D eigenvalue weighted by Crippen LogP contribution is -2.37. The zero-order valence-electron chi connectivity index (χ0n) is 9.74. The number of carbonyl (C=O) groups excluding carboxylic acids is 2. The lowest BCUT2D eigenvalue weighted by atomic mass is 10.1. The molecule has 2 amide bonds. The lowest BCUT2D eigenvalue weighted by Gasteiger charge is -2.13. The summed E-state index contributed by atoms with van der Waals surface area (Å²) in [6.45, 7) is 0.348. The number of likely N-dealkylation sites (tertiary alicyclic amines) is 1. The van der Waals surface area contributed by atoms with Gasteiger partial charge in [0.25, 0.3) is 5.91 Å². The summed E-state index contributed by atoms with van der Waals surface area (Å²) in [5, 5.41) is 2.46. The minimum Gasteiger partial charge on any atom is -0.347 e. The lowest BCUT2D eigenvalue weighted by molar-refractivity contribution is -0.126. The van der Waals surface area contributed by atoms with Crippen LogP contribution in [0.15, 0.2) is 18.2 Å². The number of carbonyl (C=O) groups is 2. The molecule has 1 atom stereocenters. The maximum Gasteiger partial charge on any atom is 0.257 e. The second kappa shape index (κ2) is 4.72. The van der Waals surface area contributed by atoms with E-state index in [0.717, 1.165) is 12.1 Å². The molecule has 4 nitrogen and oxygen atoms in total. The van der Waals surface area contributed by atoms with E-state index < -0.39 is 29.1 Å². The zero-order chi connectivity index (χ0) is 13.3. The summed E-state index contributed by atoms with van der Waals surface area (Å²) in [5.41, 5.74) is -0.612. The molecular formula is C12H12F2N2O2. The number of amides is 2. The molecule has 1 N–H and O–H groups in total. The number of benzene rings is 1. The fraction of sp³-hybridized carbons (Fsp3) is 0.333. The molecule has 1 heterocycles. The Morgan fingerprint density at radius 2 is 2.00 bits per heavy atom. The van der Waals surface area contributed by atoms with E-state index in [1.807, 2.05) is 0 Å². The highest BCUT2D eigenvalue weighted by Crippen LogP contribution is 2.14. The van der Waals surface area contributed by atoms with E-state index in [1.54, 1.807) is 7.05 Å². The van der Waals surface area contributed by atoms with Crippen LogP contribution in [0.25, 0.3) is 0 Å². The Morgan fingerprint density at radius 3 is 2.50 bits per heavy atom. The smallest absolute Gasteiger partial charge is 0.257 e. The van der Waals surface area contributed by atoms with Gasteiger partial charge in [0.05, 0.1) is 6.04 Å². The van der Waals surface area contributed by atoms with Crippen LogP contribution in [0.4, 0.5) is 8.78 Å². The Bertz CT molecular complexity index is 485. The highest BCUT2D eigenvalue weighted by molar-refractivity contribution is 5.95. The van der Waals surface area contributed by atoms with Gasteiger partial charge in [0, 0.05) is 20.0 Å². The molecule has 1 aliphatic rings. The normalized spacial score (nSPS) is 19.2. The van der Waals surface area contributed by atoms with Gasteiger partial charge in [-0.3, -0.25) is 9.59 Å². The van der Waals surface area contributed by atoms with E-state index in [0.29, 0.717) is 6.54 Å². The predicted octanol–water partition coefficient (Wildman–Crippen LogP) is 0.925. The first-order valence-electron chi connectivity index (χ1n) is 5.48. The molecule has 1 aromatic carbocycles. The standard InChI is InChI=1S/C12H12F2N2O2/c1-16-6-7(5-10(16)17)15-12(18)11-8(13)3-2-4-9(11)14/h2-4,7H,5-6H2,1H3,(H,15,18)/t7-/m0/s1. The van der Waals surface area contributed by atoms with Crippen molar-refractivity contribution < 1.29 is 18.4 Å². The van der Waals surface area contributed by atoms with Crippen LogP contribution < -0.4 is 5.32 Å². The third-order valence-electron chi connectivity index (χ3n) is 2.87. The topological polar surface area (TPSA) is 49.4 Å². The van der Waals surface area contributed by atoms with Crippen LogP contribution >= 0.6 is 0 Å². The van der Waals surface area contributed by atoms with Crippen LogP contribution in [0.1, 0.15) is 16.8 Å². The van der Waals surface area contributed by atoms with Gasteiger partial charge in [-0.25, -0.2) is 8.78 Å². The predicted molar refractivity (Wildman–Crippen MR) is 59.9 cm³/mol. The molecule has 0 bridgehead atoms. The van der Waals surface area contributed by atoms with Gasteiger partial charge < -0.3 is 10.2 Å². The molecule has 18 heavy (non-hydrogen) atoms. The monoisotopic (exact) mass is 254 g/mol. The Kier molecular flexibility index (Phi) is 3.27. The molecule has 1 saturated heterocycles. The molecule has 6 heteroatoms. The van der Waals surface area contributed by atoms with E-state index in [9.17, 15) is 18.4 Å². The number of rotatable bonds is 2. The largest absolute Gasteiger partial charge is 0.347 e. The summed E-state index contributed by atoms with van der Waals surface area (Å²) in [6, 6.07) is 2.82. The van der Waals surface area contributed by atoms with Crippen molar-refractivity contribution in [2.45, 2.75) is 12.5 Å². The summed E-state index contributed by atoms with van der Waals surface area (Å²) in [4.78, 5) is 24.5. The maximum absolute atomic E-state index is 13.3. The van der Waals surface area contributed by atoms with Crippen molar-refractivity contribution in [3.63, 3.8) is 0 Å². The second-order valence-electron chi connectivity index (χ2n) is 4.25. The van der Waals surface area contributed by atoms with Crippen molar-refractivity contribution in [1.29, 1.82) is 0 Å². The minimum atomic E-state index is -0.912. The van der Waals surface area contributed by atoms with Crippen LogP contribution in [0.5, 0.6) is 0 Å². The molecule has 2 rings (SSSR count). The van der Waals surface area contributed by atoms with Crippen LogP contribution in [-0.2, 0) is 4.79 Å². The Hall–Kier alpha value is -1.98. The summed E-state index contributed by atoms with van der Waals surface area (Å²) < 4.78 is 26.7. The van der Waals surface area contributed by atoms with Gasteiger partial charge >= 0.3 is 0 Å². The second-order valence-corrected chi connectivity index (χ2v) is 4.25. The summed E-state index contributed by atoms with van der Waals surface area (Å²) in [7, 11) is 1.61. The molecule has 1 fully saturated rings. The first-order chi connectivity index (χ1) is 8.49.